The zero-order valence-corrected chi connectivity index (χ0v) is 12.4. The molecular formula is C16H23N3O2. The van der Waals surface area contributed by atoms with Crippen LogP contribution < -0.4 is 16.4 Å². The van der Waals surface area contributed by atoms with E-state index in [-0.39, 0.29) is 23.8 Å². The summed E-state index contributed by atoms with van der Waals surface area (Å²) in [6.07, 6.45) is 4.87. The third-order valence-electron chi connectivity index (χ3n) is 3.90. The monoisotopic (exact) mass is 289 g/mol. The highest BCUT2D eigenvalue weighted by molar-refractivity contribution is 5.92. The molecule has 0 heterocycles. The van der Waals surface area contributed by atoms with Crippen LogP contribution in [0, 0.1) is 5.92 Å². The first-order chi connectivity index (χ1) is 10.0. The van der Waals surface area contributed by atoms with Crippen molar-refractivity contribution in [2.24, 2.45) is 11.7 Å². The predicted octanol–water partition coefficient (Wildman–Crippen LogP) is 2.49. The maximum absolute atomic E-state index is 12.1. The van der Waals surface area contributed by atoms with Gasteiger partial charge in [0.15, 0.2) is 0 Å². The van der Waals surface area contributed by atoms with Crippen molar-refractivity contribution in [1.29, 1.82) is 0 Å². The smallest absolute Gasteiger partial charge is 0.224 e. The van der Waals surface area contributed by atoms with Crippen LogP contribution in [0.4, 0.5) is 11.4 Å². The van der Waals surface area contributed by atoms with E-state index in [0.717, 1.165) is 30.6 Å². The van der Waals surface area contributed by atoms with Gasteiger partial charge in [0.2, 0.25) is 11.8 Å². The Kier molecular flexibility index (Phi) is 5.33. The van der Waals surface area contributed by atoms with Crippen molar-refractivity contribution in [2.75, 3.05) is 10.6 Å². The molecule has 0 aliphatic heterocycles. The van der Waals surface area contributed by atoms with Crippen LogP contribution in [-0.2, 0) is 9.59 Å². The van der Waals surface area contributed by atoms with E-state index < -0.39 is 0 Å². The van der Waals surface area contributed by atoms with Gasteiger partial charge in [0.25, 0.3) is 0 Å². The molecule has 2 rings (SSSR count). The van der Waals surface area contributed by atoms with Crippen LogP contribution in [-0.4, -0.2) is 17.9 Å². The van der Waals surface area contributed by atoms with Crippen LogP contribution in [0.5, 0.6) is 0 Å². The molecule has 1 fully saturated rings. The van der Waals surface area contributed by atoms with E-state index in [1.165, 1.54) is 13.3 Å². The molecule has 2 atom stereocenters. The van der Waals surface area contributed by atoms with Crippen LogP contribution in [0.2, 0.25) is 0 Å². The summed E-state index contributed by atoms with van der Waals surface area (Å²) in [5.41, 5.74) is 7.52. The quantitative estimate of drug-likeness (QED) is 0.796. The SMILES string of the molecule is CC(=O)Nc1ccc(NC(=O)CC2CCCCC2N)cc1. The Labute approximate surface area is 125 Å². The van der Waals surface area contributed by atoms with E-state index in [0.29, 0.717) is 6.42 Å². The minimum Gasteiger partial charge on any atom is -0.327 e. The van der Waals surface area contributed by atoms with Gasteiger partial charge in [0.05, 0.1) is 0 Å². The van der Waals surface area contributed by atoms with Crippen LogP contribution in [0.15, 0.2) is 24.3 Å². The Hall–Kier alpha value is -1.88. The summed E-state index contributed by atoms with van der Waals surface area (Å²) in [6.45, 7) is 1.46. The van der Waals surface area contributed by atoms with Crippen LogP contribution >= 0.6 is 0 Å². The summed E-state index contributed by atoms with van der Waals surface area (Å²) in [5, 5.41) is 5.57. The molecular weight excluding hydrogens is 266 g/mol. The summed E-state index contributed by atoms with van der Waals surface area (Å²) in [4.78, 5) is 23.0. The number of benzene rings is 1. The predicted molar refractivity (Wildman–Crippen MR) is 83.9 cm³/mol. The molecule has 114 valence electrons. The molecule has 4 N–H and O–H groups in total. The Morgan fingerprint density at radius 3 is 2.24 bits per heavy atom. The van der Waals surface area contributed by atoms with Crippen molar-refractivity contribution in [3.63, 3.8) is 0 Å². The second kappa shape index (κ2) is 7.22. The maximum Gasteiger partial charge on any atom is 0.224 e. The molecule has 5 nitrogen and oxygen atoms in total. The van der Waals surface area contributed by atoms with E-state index in [2.05, 4.69) is 10.6 Å². The third kappa shape index (κ3) is 4.86. The van der Waals surface area contributed by atoms with Gasteiger partial charge < -0.3 is 16.4 Å². The first kappa shape index (κ1) is 15.5. The largest absolute Gasteiger partial charge is 0.327 e. The molecule has 2 unspecified atom stereocenters. The van der Waals surface area contributed by atoms with Gasteiger partial charge in [-0.15, -0.1) is 0 Å². The summed E-state index contributed by atoms with van der Waals surface area (Å²) in [5.74, 6) is 0.181. The van der Waals surface area contributed by atoms with Gasteiger partial charge in [-0.2, -0.15) is 0 Å². The van der Waals surface area contributed by atoms with Crippen LogP contribution in [0.1, 0.15) is 39.0 Å². The molecule has 5 heteroatoms. The molecule has 0 spiro atoms. The number of carbonyl (C=O) groups is 2. The summed E-state index contributed by atoms with van der Waals surface area (Å²) in [7, 11) is 0. The molecule has 0 bridgehead atoms. The van der Waals surface area contributed by atoms with Gasteiger partial charge in [-0.3, -0.25) is 9.59 Å². The molecule has 0 radical (unpaired) electrons. The number of amides is 2. The number of nitrogens with one attached hydrogen (secondary N) is 2. The molecule has 1 aliphatic carbocycles. The molecule has 0 saturated heterocycles. The molecule has 1 saturated carbocycles. The fraction of sp³-hybridized carbons (Fsp3) is 0.500. The van der Waals surface area contributed by atoms with Crippen molar-refractivity contribution in [2.45, 2.75) is 45.1 Å². The third-order valence-corrected chi connectivity index (χ3v) is 3.90. The Bertz CT molecular complexity index is 499. The van der Waals surface area contributed by atoms with E-state index in [1.807, 2.05) is 0 Å². The van der Waals surface area contributed by atoms with Crippen molar-refractivity contribution in [1.82, 2.24) is 0 Å². The number of anilines is 2. The normalized spacial score (nSPS) is 21.6. The van der Waals surface area contributed by atoms with Gasteiger partial charge in [-0.1, -0.05) is 12.8 Å². The maximum atomic E-state index is 12.1. The highest BCUT2D eigenvalue weighted by Gasteiger charge is 2.24. The zero-order chi connectivity index (χ0) is 15.2. The highest BCUT2D eigenvalue weighted by Crippen LogP contribution is 2.26. The lowest BCUT2D eigenvalue weighted by Crippen LogP contribution is -2.35. The molecule has 2 amide bonds. The second-order valence-electron chi connectivity index (χ2n) is 5.72. The minimum absolute atomic E-state index is 0.00428. The average molecular weight is 289 g/mol. The van der Waals surface area contributed by atoms with Crippen molar-refractivity contribution >= 4 is 23.2 Å². The lowest BCUT2D eigenvalue weighted by molar-refractivity contribution is -0.117. The first-order valence-electron chi connectivity index (χ1n) is 7.47. The standard InChI is InChI=1S/C16H23N3O2/c1-11(20)18-13-6-8-14(9-7-13)19-16(21)10-12-4-2-3-5-15(12)17/h6-9,12,15H,2-5,10,17H2,1H3,(H,18,20)(H,19,21). The van der Waals surface area contributed by atoms with Gasteiger partial charge in [0, 0.05) is 30.8 Å². The fourth-order valence-corrected chi connectivity index (χ4v) is 2.78. The summed E-state index contributed by atoms with van der Waals surface area (Å²) < 4.78 is 0. The second-order valence-corrected chi connectivity index (χ2v) is 5.72. The summed E-state index contributed by atoms with van der Waals surface area (Å²) >= 11 is 0. The van der Waals surface area contributed by atoms with Crippen LogP contribution in [0.3, 0.4) is 0 Å². The number of hydrogen-bond acceptors (Lipinski definition) is 3. The highest BCUT2D eigenvalue weighted by atomic mass is 16.2. The number of nitrogens with two attached hydrogens (primary N) is 1. The number of carbonyl (C=O) groups excluding carboxylic acids is 2. The first-order valence-corrected chi connectivity index (χ1v) is 7.47. The van der Waals surface area contributed by atoms with Crippen molar-refractivity contribution in [3.05, 3.63) is 24.3 Å². The van der Waals surface area contributed by atoms with E-state index in [9.17, 15) is 9.59 Å². The molecule has 21 heavy (non-hydrogen) atoms. The van der Waals surface area contributed by atoms with Gasteiger partial charge >= 0.3 is 0 Å². The van der Waals surface area contributed by atoms with E-state index in [1.54, 1.807) is 24.3 Å². The Morgan fingerprint density at radius 2 is 1.67 bits per heavy atom. The van der Waals surface area contributed by atoms with E-state index >= 15 is 0 Å². The Balaban J connectivity index is 1.85. The molecule has 1 aromatic rings. The van der Waals surface area contributed by atoms with Crippen LogP contribution in [0.25, 0.3) is 0 Å². The lowest BCUT2D eigenvalue weighted by Gasteiger charge is -2.27. The number of rotatable bonds is 4. The average Bonchev–Trinajstić information content (AvgIpc) is 2.43. The van der Waals surface area contributed by atoms with E-state index in [4.69, 9.17) is 5.73 Å². The zero-order valence-electron chi connectivity index (χ0n) is 12.4. The number of hydrogen-bond donors (Lipinski definition) is 3. The van der Waals surface area contributed by atoms with Crippen molar-refractivity contribution < 1.29 is 9.59 Å². The van der Waals surface area contributed by atoms with Gasteiger partial charge in [-0.05, 0) is 43.0 Å². The molecule has 1 aromatic carbocycles. The van der Waals surface area contributed by atoms with Gasteiger partial charge in [-0.25, -0.2) is 0 Å². The van der Waals surface area contributed by atoms with Crippen molar-refractivity contribution in [3.8, 4) is 0 Å². The van der Waals surface area contributed by atoms with Gasteiger partial charge in [0.1, 0.15) is 0 Å². The Morgan fingerprint density at radius 1 is 1.10 bits per heavy atom. The molecule has 0 aromatic heterocycles. The summed E-state index contributed by atoms with van der Waals surface area (Å²) in [6, 6.07) is 7.24. The lowest BCUT2D eigenvalue weighted by atomic mass is 9.83. The molecule has 1 aliphatic rings. The topological polar surface area (TPSA) is 84.2 Å². The fourth-order valence-electron chi connectivity index (χ4n) is 2.78. The minimum atomic E-state index is -0.113.